The Morgan fingerprint density at radius 1 is 0.909 bits per heavy atom. The van der Waals surface area contributed by atoms with E-state index in [1.165, 1.54) is 38.5 Å². The lowest BCUT2D eigenvalue weighted by atomic mass is 10.1. The molecule has 1 heterocycles. The Balaban J connectivity index is 1.84. The van der Waals surface area contributed by atoms with Gasteiger partial charge < -0.3 is 5.11 Å². The Labute approximate surface area is 134 Å². The summed E-state index contributed by atoms with van der Waals surface area (Å²) in [6.45, 7) is 2.22. The van der Waals surface area contributed by atoms with Crippen molar-refractivity contribution in [3.05, 3.63) is 24.3 Å². The molecule has 0 amide bonds. The first-order chi connectivity index (χ1) is 10.7. The molecule has 0 saturated carbocycles. The van der Waals surface area contributed by atoms with Crippen molar-refractivity contribution in [3.8, 4) is 0 Å². The predicted octanol–water partition coefficient (Wildman–Crippen LogP) is 5.15. The first-order valence-corrected chi connectivity index (χ1v) is 8.63. The van der Waals surface area contributed by atoms with Gasteiger partial charge in [-0.25, -0.2) is 4.79 Å². The van der Waals surface area contributed by atoms with E-state index < -0.39 is 11.8 Å². The number of hydrogen-bond donors (Lipinski definition) is 1. The first kappa shape index (κ1) is 18.9. The lowest BCUT2D eigenvalue weighted by molar-refractivity contribution is -0.144. The summed E-state index contributed by atoms with van der Waals surface area (Å²) in [7, 11) is 0. The Morgan fingerprint density at radius 2 is 1.45 bits per heavy atom. The van der Waals surface area contributed by atoms with E-state index in [4.69, 9.17) is 5.11 Å². The molecule has 0 atom stereocenters. The Hall–Kier alpha value is -1.13. The molecule has 1 rings (SSSR count). The van der Waals surface area contributed by atoms with E-state index in [1.807, 2.05) is 0 Å². The second-order valence-electron chi connectivity index (χ2n) is 5.88. The molecule has 0 spiro atoms. The van der Waals surface area contributed by atoms with Gasteiger partial charge in [0, 0.05) is 6.42 Å². The fourth-order valence-electron chi connectivity index (χ4n) is 2.32. The summed E-state index contributed by atoms with van der Waals surface area (Å²) in [5.74, 6) is -2.33. The predicted molar refractivity (Wildman–Crippen MR) is 87.3 cm³/mol. The van der Waals surface area contributed by atoms with Crippen LogP contribution in [0, 0.1) is 0 Å². The van der Waals surface area contributed by atoms with Gasteiger partial charge in [0.1, 0.15) is 0 Å². The number of allylic oxidation sites excluding steroid dienone is 4. The fraction of sp³-hybridized carbons (Fsp3) is 0.722. The van der Waals surface area contributed by atoms with Crippen molar-refractivity contribution in [2.24, 2.45) is 0 Å². The van der Waals surface area contributed by atoms with E-state index in [-0.39, 0.29) is 0 Å². The van der Waals surface area contributed by atoms with Gasteiger partial charge >= 0.3 is 11.8 Å². The van der Waals surface area contributed by atoms with Crippen LogP contribution in [0.25, 0.3) is 0 Å². The third-order valence-electron chi connectivity index (χ3n) is 3.84. The maximum Gasteiger partial charge on any atom is 0.370 e. The molecule has 1 aliphatic rings. The number of carboxylic acid groups (broad SMARTS) is 1. The van der Waals surface area contributed by atoms with Crippen LogP contribution in [-0.2, 0) is 14.6 Å². The summed E-state index contributed by atoms with van der Waals surface area (Å²) in [6.07, 6.45) is 20.8. The molecular formula is C18H30O4. The third kappa shape index (κ3) is 8.35. The van der Waals surface area contributed by atoms with Gasteiger partial charge in [0.05, 0.1) is 0 Å². The van der Waals surface area contributed by atoms with Crippen molar-refractivity contribution in [2.45, 2.75) is 83.3 Å². The molecule has 1 saturated heterocycles. The van der Waals surface area contributed by atoms with E-state index in [2.05, 4.69) is 41.0 Å². The summed E-state index contributed by atoms with van der Waals surface area (Å²) in [5.41, 5.74) is 0. The molecule has 1 aliphatic heterocycles. The van der Waals surface area contributed by atoms with Crippen LogP contribution in [0.3, 0.4) is 0 Å². The zero-order chi connectivity index (χ0) is 16.1. The van der Waals surface area contributed by atoms with Gasteiger partial charge in [0.2, 0.25) is 0 Å². The molecule has 22 heavy (non-hydrogen) atoms. The molecule has 1 fully saturated rings. The Morgan fingerprint density at radius 3 is 2.00 bits per heavy atom. The average Bonchev–Trinajstić information content (AvgIpc) is 3.29. The highest BCUT2D eigenvalue weighted by atomic mass is 17.4. The highest BCUT2D eigenvalue weighted by Gasteiger charge is 2.56. The molecule has 0 bridgehead atoms. The molecule has 0 aromatic rings. The van der Waals surface area contributed by atoms with Crippen LogP contribution in [0.1, 0.15) is 77.6 Å². The number of unbranched alkanes of at least 4 members (excludes halogenated alkanes) is 8. The molecule has 0 radical (unpaired) electrons. The van der Waals surface area contributed by atoms with Crippen LogP contribution in [0.4, 0.5) is 0 Å². The van der Waals surface area contributed by atoms with E-state index in [0.29, 0.717) is 6.42 Å². The summed E-state index contributed by atoms with van der Waals surface area (Å²) in [6, 6.07) is 0. The van der Waals surface area contributed by atoms with Crippen molar-refractivity contribution in [1.29, 1.82) is 0 Å². The molecule has 0 aromatic carbocycles. The SMILES string of the molecule is CCCCCC=CC=CCCCCCCCC1(C(=O)O)OO1. The summed E-state index contributed by atoms with van der Waals surface area (Å²) in [4.78, 5) is 19.9. The van der Waals surface area contributed by atoms with Crippen molar-refractivity contribution in [3.63, 3.8) is 0 Å². The fourth-order valence-corrected chi connectivity index (χ4v) is 2.32. The minimum Gasteiger partial charge on any atom is -0.477 e. The Bertz CT molecular complexity index is 356. The van der Waals surface area contributed by atoms with E-state index in [0.717, 1.165) is 25.7 Å². The maximum absolute atomic E-state index is 10.8. The molecule has 0 aliphatic carbocycles. The van der Waals surface area contributed by atoms with Crippen LogP contribution >= 0.6 is 0 Å². The molecular weight excluding hydrogens is 280 g/mol. The highest BCUT2D eigenvalue weighted by Crippen LogP contribution is 2.35. The monoisotopic (exact) mass is 310 g/mol. The van der Waals surface area contributed by atoms with Crippen molar-refractivity contribution in [1.82, 2.24) is 0 Å². The normalized spacial score (nSPS) is 16.6. The summed E-state index contributed by atoms with van der Waals surface area (Å²) >= 11 is 0. The number of aliphatic carboxylic acids is 1. The third-order valence-corrected chi connectivity index (χ3v) is 3.84. The van der Waals surface area contributed by atoms with Gasteiger partial charge in [-0.2, -0.15) is 9.78 Å². The van der Waals surface area contributed by atoms with Crippen molar-refractivity contribution < 1.29 is 19.7 Å². The van der Waals surface area contributed by atoms with Gasteiger partial charge in [-0.3, -0.25) is 0 Å². The van der Waals surface area contributed by atoms with E-state index in [9.17, 15) is 4.79 Å². The smallest absolute Gasteiger partial charge is 0.370 e. The van der Waals surface area contributed by atoms with E-state index in [1.54, 1.807) is 0 Å². The molecule has 0 unspecified atom stereocenters. The minimum absolute atomic E-state index is 0.449. The second-order valence-corrected chi connectivity index (χ2v) is 5.88. The minimum atomic E-state index is -1.31. The number of carbonyl (C=O) groups is 1. The van der Waals surface area contributed by atoms with Gasteiger partial charge in [-0.15, -0.1) is 0 Å². The zero-order valence-electron chi connectivity index (χ0n) is 13.8. The van der Waals surface area contributed by atoms with Crippen LogP contribution in [0.15, 0.2) is 24.3 Å². The van der Waals surface area contributed by atoms with Gasteiger partial charge in [-0.1, -0.05) is 63.3 Å². The van der Waals surface area contributed by atoms with Crippen LogP contribution in [0.5, 0.6) is 0 Å². The van der Waals surface area contributed by atoms with Gasteiger partial charge in [-0.05, 0) is 32.1 Å². The molecule has 1 N–H and O–H groups in total. The van der Waals surface area contributed by atoms with Crippen molar-refractivity contribution >= 4 is 5.97 Å². The first-order valence-electron chi connectivity index (χ1n) is 8.63. The standard InChI is InChI=1S/C18H30O4/c1-2-3-4-5-6-7-8-9-10-11-12-13-14-15-16-18(17(19)20)21-22-18/h6-9H,2-5,10-16H2,1H3,(H,19,20). The van der Waals surface area contributed by atoms with Crippen molar-refractivity contribution in [2.75, 3.05) is 0 Å². The molecule has 4 heteroatoms. The summed E-state index contributed by atoms with van der Waals surface area (Å²) < 4.78 is 0. The molecule has 4 nitrogen and oxygen atoms in total. The van der Waals surface area contributed by atoms with Crippen LogP contribution in [-0.4, -0.2) is 16.9 Å². The highest BCUT2D eigenvalue weighted by molar-refractivity contribution is 5.76. The molecule has 126 valence electrons. The lowest BCUT2D eigenvalue weighted by Crippen LogP contribution is -2.23. The number of rotatable bonds is 14. The second kappa shape index (κ2) is 11.4. The van der Waals surface area contributed by atoms with Crippen LogP contribution < -0.4 is 0 Å². The lowest BCUT2D eigenvalue weighted by Gasteiger charge is -2.02. The average molecular weight is 310 g/mol. The van der Waals surface area contributed by atoms with Gasteiger partial charge in [0.25, 0.3) is 0 Å². The Kier molecular flexibility index (Phi) is 9.84. The van der Waals surface area contributed by atoms with E-state index >= 15 is 0 Å². The summed E-state index contributed by atoms with van der Waals surface area (Å²) in [5, 5.41) is 8.84. The topological polar surface area (TPSA) is 62.4 Å². The maximum atomic E-state index is 10.8. The molecule has 0 aromatic heterocycles. The van der Waals surface area contributed by atoms with Gasteiger partial charge in [0.15, 0.2) is 0 Å². The largest absolute Gasteiger partial charge is 0.477 e. The quantitative estimate of drug-likeness (QED) is 0.208. The zero-order valence-corrected chi connectivity index (χ0v) is 13.8. The van der Waals surface area contributed by atoms with Crippen LogP contribution in [0.2, 0.25) is 0 Å². The number of hydrogen-bond acceptors (Lipinski definition) is 3. The number of carboxylic acids is 1.